The number of methoxy groups -OCH3 is 1. The number of benzene rings is 1. The van der Waals surface area contributed by atoms with Crippen molar-refractivity contribution in [3.63, 3.8) is 0 Å². The number of anilines is 1. The van der Waals surface area contributed by atoms with Gasteiger partial charge >= 0.3 is 0 Å². The van der Waals surface area contributed by atoms with E-state index >= 15 is 0 Å². The average molecular weight is 375 g/mol. The van der Waals surface area contributed by atoms with Crippen molar-refractivity contribution in [2.24, 2.45) is 0 Å². The van der Waals surface area contributed by atoms with Crippen molar-refractivity contribution in [2.45, 2.75) is 6.42 Å². The molecule has 0 spiro atoms. The molecule has 28 heavy (non-hydrogen) atoms. The van der Waals surface area contributed by atoms with Crippen LogP contribution in [0.1, 0.15) is 21.9 Å². The van der Waals surface area contributed by atoms with Crippen LogP contribution in [0, 0.1) is 0 Å². The number of ether oxygens (including phenoxy) is 1. The number of aromatic amines is 2. The third kappa shape index (κ3) is 3.88. The Bertz CT molecular complexity index is 1070. The van der Waals surface area contributed by atoms with E-state index in [0.717, 1.165) is 16.9 Å². The number of carbonyl (C=O) groups is 1. The van der Waals surface area contributed by atoms with Gasteiger partial charge in [0.15, 0.2) is 0 Å². The molecule has 0 aliphatic rings. The number of amides is 1. The van der Waals surface area contributed by atoms with Gasteiger partial charge in [0.05, 0.1) is 12.8 Å². The molecule has 1 amide bonds. The second-order valence-electron chi connectivity index (χ2n) is 5.99. The fourth-order valence-electron chi connectivity index (χ4n) is 2.64. The Hall–Kier alpha value is -4.01. The Balaban J connectivity index is 1.41. The van der Waals surface area contributed by atoms with Crippen LogP contribution in [0.25, 0.3) is 11.3 Å². The molecule has 1 aromatic carbocycles. The number of hydrogen-bond donors (Lipinski definition) is 3. The van der Waals surface area contributed by atoms with Gasteiger partial charge in [-0.1, -0.05) is 12.1 Å². The molecule has 0 atom stereocenters. The zero-order valence-electron chi connectivity index (χ0n) is 15.0. The van der Waals surface area contributed by atoms with Gasteiger partial charge in [-0.25, -0.2) is 0 Å². The maximum atomic E-state index is 12.4. The smallest absolute Gasteiger partial charge is 0.276 e. The predicted octanol–water partition coefficient (Wildman–Crippen LogP) is 2.44. The highest BCUT2D eigenvalue weighted by Crippen LogP contribution is 2.17. The van der Waals surface area contributed by atoms with E-state index in [4.69, 9.17) is 4.74 Å². The van der Waals surface area contributed by atoms with E-state index in [-0.39, 0.29) is 11.9 Å². The van der Waals surface area contributed by atoms with E-state index in [0.29, 0.717) is 23.6 Å². The van der Waals surface area contributed by atoms with Gasteiger partial charge in [0.25, 0.3) is 5.91 Å². The Kier molecular flexibility index (Phi) is 4.79. The molecule has 140 valence electrons. The molecule has 0 saturated carbocycles. The summed E-state index contributed by atoms with van der Waals surface area (Å²) in [6, 6.07) is 13.0. The Morgan fingerprint density at radius 3 is 2.75 bits per heavy atom. The van der Waals surface area contributed by atoms with Crippen molar-refractivity contribution >= 4 is 11.9 Å². The maximum absolute atomic E-state index is 12.4. The van der Waals surface area contributed by atoms with E-state index in [1.165, 1.54) is 0 Å². The normalized spacial score (nSPS) is 10.6. The lowest BCUT2D eigenvalue weighted by Crippen LogP contribution is -2.13. The Morgan fingerprint density at radius 1 is 1.14 bits per heavy atom. The molecule has 3 N–H and O–H groups in total. The van der Waals surface area contributed by atoms with E-state index < -0.39 is 0 Å². The molecule has 4 aromatic rings. The molecule has 4 rings (SSSR count). The summed E-state index contributed by atoms with van der Waals surface area (Å²) in [6.07, 6.45) is 3.91. The highest BCUT2D eigenvalue weighted by atomic mass is 16.5. The van der Waals surface area contributed by atoms with Crippen LogP contribution in [0.5, 0.6) is 5.75 Å². The van der Waals surface area contributed by atoms with Crippen LogP contribution in [0.2, 0.25) is 0 Å². The number of nitrogens with zero attached hydrogens (tertiary/aromatic N) is 4. The second-order valence-corrected chi connectivity index (χ2v) is 5.99. The van der Waals surface area contributed by atoms with Gasteiger partial charge < -0.3 is 4.74 Å². The molecule has 3 heterocycles. The molecule has 0 aliphatic heterocycles. The standard InChI is InChI=1S/C19H17N7O2/c1-28-14-6-4-12(5-7-14)9-17-21-19(26-25-17)22-18(27)16-10-15(23-24-16)13-3-2-8-20-11-13/h2-8,10-11H,9H2,1H3,(H,23,24)(H2,21,22,25,26,27). The Morgan fingerprint density at radius 2 is 2.00 bits per heavy atom. The minimum Gasteiger partial charge on any atom is -0.497 e. The zero-order valence-corrected chi connectivity index (χ0v) is 15.0. The monoisotopic (exact) mass is 375 g/mol. The summed E-state index contributed by atoms with van der Waals surface area (Å²) in [5.74, 6) is 1.25. The van der Waals surface area contributed by atoms with Crippen molar-refractivity contribution in [1.82, 2.24) is 30.4 Å². The van der Waals surface area contributed by atoms with Gasteiger partial charge in [0.1, 0.15) is 17.3 Å². The van der Waals surface area contributed by atoms with Crippen LogP contribution in [-0.4, -0.2) is 43.4 Å². The highest BCUT2D eigenvalue weighted by molar-refractivity contribution is 6.02. The fraction of sp³-hybridized carbons (Fsp3) is 0.105. The molecule has 0 bridgehead atoms. The lowest BCUT2D eigenvalue weighted by atomic mass is 10.1. The molecular formula is C19H17N7O2. The van der Waals surface area contributed by atoms with Crippen molar-refractivity contribution in [1.29, 1.82) is 0 Å². The third-order valence-corrected chi connectivity index (χ3v) is 4.07. The maximum Gasteiger partial charge on any atom is 0.276 e. The summed E-state index contributed by atoms with van der Waals surface area (Å²) >= 11 is 0. The molecular weight excluding hydrogens is 358 g/mol. The number of rotatable bonds is 6. The van der Waals surface area contributed by atoms with Crippen molar-refractivity contribution < 1.29 is 9.53 Å². The molecule has 0 fully saturated rings. The van der Waals surface area contributed by atoms with Gasteiger partial charge in [-0.15, -0.1) is 5.10 Å². The molecule has 9 heteroatoms. The van der Waals surface area contributed by atoms with Gasteiger partial charge in [0, 0.05) is 24.4 Å². The summed E-state index contributed by atoms with van der Waals surface area (Å²) in [4.78, 5) is 20.7. The topological polar surface area (TPSA) is 121 Å². The number of carbonyl (C=O) groups excluding carboxylic acids is 1. The van der Waals surface area contributed by atoms with E-state index in [9.17, 15) is 4.79 Å². The fourth-order valence-corrected chi connectivity index (χ4v) is 2.64. The molecule has 0 aliphatic carbocycles. The van der Waals surface area contributed by atoms with E-state index in [1.54, 1.807) is 25.6 Å². The summed E-state index contributed by atoms with van der Waals surface area (Å²) in [7, 11) is 1.62. The second kappa shape index (κ2) is 7.70. The summed E-state index contributed by atoms with van der Waals surface area (Å²) < 4.78 is 5.14. The first-order valence-corrected chi connectivity index (χ1v) is 8.52. The largest absolute Gasteiger partial charge is 0.497 e. The first-order valence-electron chi connectivity index (χ1n) is 8.52. The third-order valence-electron chi connectivity index (χ3n) is 4.07. The number of aromatic nitrogens is 6. The zero-order chi connectivity index (χ0) is 19.3. The lowest BCUT2D eigenvalue weighted by Gasteiger charge is -2.01. The van der Waals surface area contributed by atoms with Crippen LogP contribution in [0.15, 0.2) is 54.9 Å². The summed E-state index contributed by atoms with van der Waals surface area (Å²) in [5.41, 5.74) is 2.80. The first kappa shape index (κ1) is 17.4. The SMILES string of the molecule is COc1ccc(Cc2nc(NC(=O)c3cc(-c4cccnc4)n[nH]3)n[nH]2)cc1. The molecule has 3 aromatic heterocycles. The lowest BCUT2D eigenvalue weighted by molar-refractivity contribution is 0.102. The highest BCUT2D eigenvalue weighted by Gasteiger charge is 2.14. The number of H-pyrrole nitrogens is 2. The minimum absolute atomic E-state index is 0.200. The number of nitrogens with one attached hydrogen (secondary N) is 3. The van der Waals surface area contributed by atoms with Gasteiger partial charge in [-0.2, -0.15) is 10.1 Å². The average Bonchev–Trinajstić information content (AvgIpc) is 3.39. The quantitative estimate of drug-likeness (QED) is 0.476. The van der Waals surface area contributed by atoms with Crippen molar-refractivity contribution in [3.05, 3.63) is 71.9 Å². The minimum atomic E-state index is -0.377. The molecule has 9 nitrogen and oxygen atoms in total. The molecule has 0 saturated heterocycles. The first-order chi connectivity index (χ1) is 13.7. The van der Waals surface area contributed by atoms with Crippen molar-refractivity contribution in [3.8, 4) is 17.0 Å². The van der Waals surface area contributed by atoms with Crippen LogP contribution < -0.4 is 10.1 Å². The summed E-state index contributed by atoms with van der Waals surface area (Å²) in [5, 5.41) is 16.4. The van der Waals surface area contributed by atoms with Crippen LogP contribution in [-0.2, 0) is 6.42 Å². The Labute approximate surface area is 160 Å². The molecule has 0 unspecified atom stereocenters. The number of hydrogen-bond acceptors (Lipinski definition) is 6. The van der Waals surface area contributed by atoms with Gasteiger partial charge in [-0.05, 0) is 35.9 Å². The van der Waals surface area contributed by atoms with Gasteiger partial charge in [0.2, 0.25) is 5.95 Å². The van der Waals surface area contributed by atoms with Crippen LogP contribution in [0.3, 0.4) is 0 Å². The van der Waals surface area contributed by atoms with E-state index in [1.807, 2.05) is 36.4 Å². The molecule has 0 radical (unpaired) electrons. The predicted molar refractivity (Wildman–Crippen MR) is 102 cm³/mol. The number of pyridine rings is 1. The summed E-state index contributed by atoms with van der Waals surface area (Å²) in [6.45, 7) is 0. The van der Waals surface area contributed by atoms with Crippen LogP contribution in [0.4, 0.5) is 5.95 Å². The van der Waals surface area contributed by atoms with E-state index in [2.05, 4.69) is 35.7 Å². The van der Waals surface area contributed by atoms with Crippen LogP contribution >= 0.6 is 0 Å². The van der Waals surface area contributed by atoms with Gasteiger partial charge in [-0.3, -0.25) is 25.3 Å². The van der Waals surface area contributed by atoms with Crippen molar-refractivity contribution in [2.75, 3.05) is 12.4 Å².